The molecule has 4 nitrogen and oxygen atoms in total. The predicted molar refractivity (Wildman–Crippen MR) is 77.7 cm³/mol. The molecule has 0 bridgehead atoms. The van der Waals surface area contributed by atoms with E-state index in [9.17, 15) is 8.60 Å². The molecule has 1 aromatic heterocycles. The number of hydrogen-bond acceptors (Lipinski definition) is 4. The molecule has 1 aliphatic rings. The summed E-state index contributed by atoms with van der Waals surface area (Å²) in [4.78, 5) is 4.13. The van der Waals surface area contributed by atoms with Gasteiger partial charge in [-0.05, 0) is 33.8 Å². The molecule has 0 aliphatic carbocycles. The Labute approximate surface area is 121 Å². The molecular formula is C13H19BFNO3S. The number of pyridine rings is 1. The molecular weight excluding hydrogens is 280 g/mol. The first-order chi connectivity index (χ1) is 9.14. The van der Waals surface area contributed by atoms with Gasteiger partial charge >= 0.3 is 7.12 Å². The van der Waals surface area contributed by atoms with Crippen molar-refractivity contribution < 1.29 is 17.9 Å². The van der Waals surface area contributed by atoms with Crippen LogP contribution >= 0.6 is 0 Å². The second kappa shape index (κ2) is 5.20. The van der Waals surface area contributed by atoms with Crippen LogP contribution in [0.3, 0.4) is 0 Å². The Hall–Kier alpha value is -0.785. The standard InChI is InChI=1S/C13H19BFNO3S/c1-12(2)13(3,4)19-14(18-12)11-9(15)6-7-16-10(11)8-20(5)17/h6-7H,8H2,1-5H3. The zero-order valence-electron chi connectivity index (χ0n) is 12.4. The third-order valence-electron chi connectivity index (χ3n) is 3.85. The smallest absolute Gasteiger partial charge is 0.399 e. The maximum absolute atomic E-state index is 14.2. The van der Waals surface area contributed by atoms with Crippen molar-refractivity contribution in [1.82, 2.24) is 4.98 Å². The number of hydrogen-bond donors (Lipinski definition) is 0. The molecule has 0 saturated carbocycles. The van der Waals surface area contributed by atoms with Crippen LogP contribution < -0.4 is 5.46 Å². The zero-order chi connectivity index (χ0) is 15.1. The molecule has 7 heteroatoms. The van der Waals surface area contributed by atoms with E-state index < -0.39 is 34.9 Å². The molecule has 1 aromatic rings. The van der Waals surface area contributed by atoms with Crippen LogP contribution in [0.1, 0.15) is 33.4 Å². The fourth-order valence-electron chi connectivity index (χ4n) is 2.01. The van der Waals surface area contributed by atoms with Crippen LogP contribution in [-0.4, -0.2) is 33.8 Å². The topological polar surface area (TPSA) is 48.4 Å². The summed E-state index contributed by atoms with van der Waals surface area (Å²) in [7, 11) is -1.94. The molecule has 0 amide bonds. The summed E-state index contributed by atoms with van der Waals surface area (Å²) in [5.74, 6) is -0.268. The van der Waals surface area contributed by atoms with Crippen LogP contribution in [0.5, 0.6) is 0 Å². The van der Waals surface area contributed by atoms with Gasteiger partial charge in [-0.1, -0.05) is 0 Å². The summed E-state index contributed by atoms with van der Waals surface area (Å²) in [5.41, 5.74) is -0.434. The van der Waals surface area contributed by atoms with Crippen LogP contribution in [0.4, 0.5) is 4.39 Å². The zero-order valence-corrected chi connectivity index (χ0v) is 13.2. The summed E-state index contributed by atoms with van der Waals surface area (Å²) < 4.78 is 37.3. The van der Waals surface area contributed by atoms with Crippen LogP contribution in [0.2, 0.25) is 0 Å². The number of aromatic nitrogens is 1. The molecule has 1 saturated heterocycles. The summed E-state index contributed by atoms with van der Waals surface area (Å²) in [6.07, 6.45) is 2.92. The number of rotatable bonds is 3. The first kappa shape index (κ1) is 15.6. The summed E-state index contributed by atoms with van der Waals surface area (Å²) in [6.45, 7) is 7.61. The molecule has 0 spiro atoms. The van der Waals surface area contributed by atoms with Gasteiger partial charge in [0, 0.05) is 28.7 Å². The molecule has 20 heavy (non-hydrogen) atoms. The minimum absolute atomic E-state index is 0.178. The molecule has 0 radical (unpaired) electrons. The van der Waals surface area contributed by atoms with Gasteiger partial charge in [-0.3, -0.25) is 9.19 Å². The fraction of sp³-hybridized carbons (Fsp3) is 0.615. The van der Waals surface area contributed by atoms with E-state index in [0.29, 0.717) is 5.69 Å². The Bertz CT molecular complexity index is 534. The highest BCUT2D eigenvalue weighted by molar-refractivity contribution is 7.83. The highest BCUT2D eigenvalue weighted by atomic mass is 32.2. The Morgan fingerprint density at radius 3 is 2.35 bits per heavy atom. The SMILES string of the molecule is CS(=O)Cc1nccc(F)c1B1OC(C)(C)C(C)(C)O1. The molecule has 2 heterocycles. The van der Waals surface area contributed by atoms with Gasteiger partial charge in [0.25, 0.3) is 0 Å². The van der Waals surface area contributed by atoms with Crippen LogP contribution in [0.25, 0.3) is 0 Å². The lowest BCUT2D eigenvalue weighted by atomic mass is 9.77. The summed E-state index contributed by atoms with van der Waals surface area (Å²) in [6, 6.07) is 1.27. The highest BCUT2D eigenvalue weighted by Gasteiger charge is 2.53. The second-order valence-electron chi connectivity index (χ2n) is 5.96. The normalized spacial score (nSPS) is 22.0. The molecule has 1 unspecified atom stereocenters. The molecule has 1 atom stereocenters. The van der Waals surface area contributed by atoms with E-state index in [1.807, 2.05) is 27.7 Å². The maximum Gasteiger partial charge on any atom is 0.499 e. The lowest BCUT2D eigenvalue weighted by Gasteiger charge is -2.32. The van der Waals surface area contributed by atoms with E-state index in [1.165, 1.54) is 12.3 Å². The van der Waals surface area contributed by atoms with E-state index in [4.69, 9.17) is 9.31 Å². The quantitative estimate of drug-likeness (QED) is 0.792. The third kappa shape index (κ3) is 2.80. The van der Waals surface area contributed by atoms with Gasteiger partial charge in [0.1, 0.15) is 5.82 Å². The van der Waals surface area contributed by atoms with Gasteiger partial charge in [-0.15, -0.1) is 0 Å². The van der Waals surface area contributed by atoms with Crippen molar-refractivity contribution in [3.05, 3.63) is 23.8 Å². The van der Waals surface area contributed by atoms with Crippen LogP contribution in [-0.2, 0) is 25.9 Å². The first-order valence-electron chi connectivity index (χ1n) is 6.43. The Kier molecular flexibility index (Phi) is 4.06. The van der Waals surface area contributed by atoms with Crippen molar-refractivity contribution in [3.63, 3.8) is 0 Å². The Morgan fingerprint density at radius 2 is 1.85 bits per heavy atom. The molecule has 1 fully saturated rings. The number of nitrogens with zero attached hydrogens (tertiary/aromatic N) is 1. The monoisotopic (exact) mass is 299 g/mol. The largest absolute Gasteiger partial charge is 0.499 e. The fourth-order valence-corrected chi connectivity index (χ4v) is 2.62. The lowest BCUT2D eigenvalue weighted by molar-refractivity contribution is 0.00578. The van der Waals surface area contributed by atoms with Gasteiger partial charge in [0.15, 0.2) is 0 Å². The number of halogens is 1. The van der Waals surface area contributed by atoms with Crippen molar-refractivity contribution in [2.24, 2.45) is 0 Å². The minimum Gasteiger partial charge on any atom is -0.399 e. The average Bonchev–Trinajstić information content (AvgIpc) is 2.46. The van der Waals surface area contributed by atoms with Gasteiger partial charge in [-0.25, -0.2) is 4.39 Å². The highest BCUT2D eigenvalue weighted by Crippen LogP contribution is 2.36. The summed E-state index contributed by atoms with van der Waals surface area (Å²) in [5, 5.41) is 0. The molecule has 0 N–H and O–H groups in total. The van der Waals surface area contributed by atoms with E-state index in [0.717, 1.165) is 0 Å². The predicted octanol–water partition coefficient (Wildman–Crippen LogP) is 1.40. The summed E-state index contributed by atoms with van der Waals surface area (Å²) >= 11 is 0. The second-order valence-corrected chi connectivity index (χ2v) is 7.39. The van der Waals surface area contributed by atoms with Crippen molar-refractivity contribution in [3.8, 4) is 0 Å². The van der Waals surface area contributed by atoms with Gasteiger partial charge < -0.3 is 9.31 Å². The maximum atomic E-state index is 14.2. The van der Waals surface area contributed by atoms with E-state index in [-0.39, 0.29) is 11.2 Å². The third-order valence-corrected chi connectivity index (χ3v) is 4.53. The molecule has 2 rings (SSSR count). The van der Waals surface area contributed by atoms with Crippen molar-refractivity contribution in [1.29, 1.82) is 0 Å². The molecule has 1 aliphatic heterocycles. The van der Waals surface area contributed by atoms with Crippen molar-refractivity contribution in [2.45, 2.75) is 44.6 Å². The van der Waals surface area contributed by atoms with Crippen LogP contribution in [0.15, 0.2) is 12.3 Å². The molecule has 110 valence electrons. The Morgan fingerprint density at radius 1 is 1.30 bits per heavy atom. The Balaban J connectivity index is 2.41. The van der Waals surface area contributed by atoms with Gasteiger partial charge in [0.2, 0.25) is 0 Å². The minimum atomic E-state index is -1.11. The van der Waals surface area contributed by atoms with E-state index >= 15 is 0 Å². The van der Waals surface area contributed by atoms with Crippen molar-refractivity contribution in [2.75, 3.05) is 6.26 Å². The van der Waals surface area contributed by atoms with Gasteiger partial charge in [0.05, 0.1) is 22.6 Å². The first-order valence-corrected chi connectivity index (χ1v) is 8.16. The van der Waals surface area contributed by atoms with Crippen molar-refractivity contribution >= 4 is 23.4 Å². The van der Waals surface area contributed by atoms with E-state index in [2.05, 4.69) is 4.98 Å². The van der Waals surface area contributed by atoms with Crippen LogP contribution in [0, 0.1) is 5.82 Å². The lowest BCUT2D eigenvalue weighted by Crippen LogP contribution is -2.41. The van der Waals surface area contributed by atoms with E-state index in [1.54, 1.807) is 6.26 Å². The average molecular weight is 299 g/mol. The van der Waals surface area contributed by atoms with Gasteiger partial charge in [-0.2, -0.15) is 0 Å². The molecule has 0 aromatic carbocycles.